The van der Waals surface area contributed by atoms with Crippen LogP contribution in [-0.2, 0) is 0 Å². The van der Waals surface area contributed by atoms with Crippen LogP contribution in [0.3, 0.4) is 0 Å². The number of amides is 2. The van der Waals surface area contributed by atoms with E-state index in [1.807, 2.05) is 4.90 Å². The number of nitrogens with two attached hydrogens (primary N) is 1. The second kappa shape index (κ2) is 4.17. The number of urea groups is 1. The molecule has 4 heteroatoms. The van der Waals surface area contributed by atoms with Gasteiger partial charge in [0.1, 0.15) is 0 Å². The van der Waals surface area contributed by atoms with Gasteiger partial charge in [-0.1, -0.05) is 12.8 Å². The summed E-state index contributed by atoms with van der Waals surface area (Å²) >= 11 is 0. The van der Waals surface area contributed by atoms with Crippen LogP contribution < -0.4 is 11.1 Å². The molecule has 0 aromatic carbocycles. The molecule has 1 saturated heterocycles. The van der Waals surface area contributed by atoms with E-state index in [0.29, 0.717) is 6.04 Å². The van der Waals surface area contributed by atoms with Crippen LogP contribution in [0.2, 0.25) is 0 Å². The summed E-state index contributed by atoms with van der Waals surface area (Å²) in [6, 6.07) is 0.688. The second-order valence-corrected chi connectivity index (χ2v) is 4.43. The fourth-order valence-electron chi connectivity index (χ4n) is 2.31. The molecule has 0 spiro atoms. The smallest absolute Gasteiger partial charge is 0.317 e. The van der Waals surface area contributed by atoms with Gasteiger partial charge in [0.15, 0.2) is 0 Å². The fourth-order valence-corrected chi connectivity index (χ4v) is 2.31. The van der Waals surface area contributed by atoms with E-state index in [4.69, 9.17) is 5.73 Å². The van der Waals surface area contributed by atoms with Gasteiger partial charge in [0.25, 0.3) is 0 Å². The molecule has 0 bridgehead atoms. The topological polar surface area (TPSA) is 58.4 Å². The van der Waals surface area contributed by atoms with Crippen molar-refractivity contribution in [3.05, 3.63) is 0 Å². The van der Waals surface area contributed by atoms with Crippen molar-refractivity contribution in [3.8, 4) is 0 Å². The summed E-state index contributed by atoms with van der Waals surface area (Å²) < 4.78 is 0. The molecule has 4 nitrogen and oxygen atoms in total. The average molecular weight is 197 g/mol. The molecule has 14 heavy (non-hydrogen) atoms. The summed E-state index contributed by atoms with van der Waals surface area (Å²) in [4.78, 5) is 13.5. The zero-order chi connectivity index (χ0) is 9.97. The molecule has 2 aliphatic rings. The highest BCUT2D eigenvalue weighted by Crippen LogP contribution is 2.18. The lowest BCUT2D eigenvalue weighted by molar-refractivity contribution is 0.204. The Balaban J connectivity index is 1.77. The Labute approximate surface area is 84.8 Å². The molecule has 1 atom stereocenters. The second-order valence-electron chi connectivity index (χ2n) is 4.43. The van der Waals surface area contributed by atoms with Crippen molar-refractivity contribution >= 4 is 6.03 Å². The maximum Gasteiger partial charge on any atom is 0.317 e. The first kappa shape index (κ1) is 9.77. The Morgan fingerprint density at radius 3 is 2.57 bits per heavy atom. The normalized spacial score (nSPS) is 28.4. The molecule has 0 unspecified atom stereocenters. The Hall–Kier alpha value is -0.770. The summed E-state index contributed by atoms with van der Waals surface area (Å²) in [5, 5.41) is 3.07. The molecule has 3 N–H and O–H groups in total. The fraction of sp³-hybridized carbons (Fsp3) is 0.900. The Morgan fingerprint density at radius 1 is 1.29 bits per heavy atom. The summed E-state index contributed by atoms with van der Waals surface area (Å²) in [5.41, 5.74) is 5.75. The molecule has 1 aliphatic carbocycles. The number of rotatable bonds is 1. The molecular weight excluding hydrogens is 178 g/mol. The monoisotopic (exact) mass is 197 g/mol. The zero-order valence-electron chi connectivity index (χ0n) is 8.54. The summed E-state index contributed by atoms with van der Waals surface area (Å²) in [5.74, 6) is 0. The third-order valence-electron chi connectivity index (χ3n) is 3.19. The number of nitrogens with one attached hydrogen (secondary N) is 1. The van der Waals surface area contributed by atoms with Gasteiger partial charge < -0.3 is 16.0 Å². The quantitative estimate of drug-likeness (QED) is 0.649. The first-order valence-electron chi connectivity index (χ1n) is 5.57. The number of nitrogens with zero attached hydrogens (tertiary/aromatic N) is 1. The van der Waals surface area contributed by atoms with Crippen molar-refractivity contribution in [2.75, 3.05) is 13.1 Å². The standard InChI is InChI=1S/C10H19N3O/c11-8-5-6-13(7-8)10(14)12-9-3-1-2-4-9/h8-9H,1-7,11H2,(H,12,14)/t8-/m1/s1. The predicted octanol–water partition coefficient (Wildman–Crippen LogP) is 0.672. The Bertz CT molecular complexity index is 213. The number of carbonyl (C=O) groups excluding carboxylic acids is 1. The molecule has 0 aromatic rings. The van der Waals surface area contributed by atoms with Crippen molar-refractivity contribution in [2.24, 2.45) is 5.73 Å². The number of carbonyl (C=O) groups is 1. The molecule has 2 rings (SSSR count). The average Bonchev–Trinajstić information content (AvgIpc) is 2.75. The maximum absolute atomic E-state index is 11.7. The van der Waals surface area contributed by atoms with Crippen LogP contribution in [0.1, 0.15) is 32.1 Å². The molecule has 0 radical (unpaired) electrons. The van der Waals surface area contributed by atoms with Gasteiger partial charge in [0.05, 0.1) is 0 Å². The SMILES string of the molecule is N[C@@H]1CCN(C(=O)NC2CCCC2)C1. The van der Waals surface area contributed by atoms with Gasteiger partial charge in [-0.25, -0.2) is 4.79 Å². The van der Waals surface area contributed by atoms with Crippen LogP contribution in [-0.4, -0.2) is 36.1 Å². The van der Waals surface area contributed by atoms with Crippen LogP contribution in [0, 0.1) is 0 Å². The number of hydrogen-bond donors (Lipinski definition) is 2. The van der Waals surface area contributed by atoms with Crippen molar-refractivity contribution in [1.82, 2.24) is 10.2 Å². The predicted molar refractivity (Wildman–Crippen MR) is 55.0 cm³/mol. The lowest BCUT2D eigenvalue weighted by Gasteiger charge is -2.20. The zero-order valence-corrected chi connectivity index (χ0v) is 8.54. The van der Waals surface area contributed by atoms with Crippen LogP contribution in [0.25, 0.3) is 0 Å². The first-order valence-corrected chi connectivity index (χ1v) is 5.57. The minimum absolute atomic E-state index is 0.0878. The van der Waals surface area contributed by atoms with Gasteiger partial charge in [-0.2, -0.15) is 0 Å². The van der Waals surface area contributed by atoms with E-state index in [2.05, 4.69) is 5.32 Å². The van der Waals surface area contributed by atoms with E-state index >= 15 is 0 Å². The summed E-state index contributed by atoms with van der Waals surface area (Å²) in [7, 11) is 0. The minimum Gasteiger partial charge on any atom is -0.335 e. The van der Waals surface area contributed by atoms with E-state index in [9.17, 15) is 4.79 Å². The largest absolute Gasteiger partial charge is 0.335 e. The van der Waals surface area contributed by atoms with Gasteiger partial charge in [0.2, 0.25) is 0 Å². The molecule has 0 aromatic heterocycles. The molecule has 1 aliphatic heterocycles. The van der Waals surface area contributed by atoms with Crippen LogP contribution in [0.15, 0.2) is 0 Å². The molecular formula is C10H19N3O. The van der Waals surface area contributed by atoms with Crippen molar-refractivity contribution in [2.45, 2.75) is 44.2 Å². The number of hydrogen-bond acceptors (Lipinski definition) is 2. The molecule has 80 valence electrons. The van der Waals surface area contributed by atoms with Crippen molar-refractivity contribution in [1.29, 1.82) is 0 Å². The molecule has 2 amide bonds. The summed E-state index contributed by atoms with van der Waals surface area (Å²) in [6.45, 7) is 1.54. The minimum atomic E-state index is 0.0878. The highest BCUT2D eigenvalue weighted by Gasteiger charge is 2.25. The first-order chi connectivity index (χ1) is 6.75. The third-order valence-corrected chi connectivity index (χ3v) is 3.19. The Kier molecular flexibility index (Phi) is 2.91. The lowest BCUT2D eigenvalue weighted by Crippen LogP contribution is -2.43. The van der Waals surface area contributed by atoms with Crippen LogP contribution in [0.5, 0.6) is 0 Å². The Morgan fingerprint density at radius 2 is 2.00 bits per heavy atom. The molecule has 1 saturated carbocycles. The lowest BCUT2D eigenvalue weighted by atomic mass is 10.2. The van der Waals surface area contributed by atoms with Gasteiger partial charge in [-0.05, 0) is 19.3 Å². The van der Waals surface area contributed by atoms with E-state index in [0.717, 1.165) is 32.4 Å². The van der Waals surface area contributed by atoms with E-state index in [-0.39, 0.29) is 12.1 Å². The van der Waals surface area contributed by atoms with Crippen molar-refractivity contribution < 1.29 is 4.79 Å². The van der Waals surface area contributed by atoms with Gasteiger partial charge in [-0.15, -0.1) is 0 Å². The van der Waals surface area contributed by atoms with Gasteiger partial charge in [0, 0.05) is 25.2 Å². The van der Waals surface area contributed by atoms with Crippen LogP contribution in [0.4, 0.5) is 4.79 Å². The third kappa shape index (κ3) is 2.18. The highest BCUT2D eigenvalue weighted by molar-refractivity contribution is 5.74. The summed E-state index contributed by atoms with van der Waals surface area (Å²) in [6.07, 6.45) is 5.74. The van der Waals surface area contributed by atoms with Gasteiger partial charge >= 0.3 is 6.03 Å². The molecule has 2 fully saturated rings. The number of likely N-dealkylation sites (tertiary alicyclic amines) is 1. The van der Waals surface area contributed by atoms with E-state index in [1.165, 1.54) is 12.8 Å². The van der Waals surface area contributed by atoms with E-state index < -0.39 is 0 Å². The maximum atomic E-state index is 11.7. The highest BCUT2D eigenvalue weighted by atomic mass is 16.2. The molecule has 1 heterocycles. The van der Waals surface area contributed by atoms with Gasteiger partial charge in [-0.3, -0.25) is 0 Å². The van der Waals surface area contributed by atoms with Crippen molar-refractivity contribution in [3.63, 3.8) is 0 Å². The van der Waals surface area contributed by atoms with E-state index in [1.54, 1.807) is 0 Å². The van der Waals surface area contributed by atoms with Crippen LogP contribution >= 0.6 is 0 Å².